The molecule has 1 atom stereocenters. The van der Waals surface area contributed by atoms with Crippen molar-refractivity contribution >= 4 is 17.9 Å². The van der Waals surface area contributed by atoms with Crippen molar-refractivity contribution in [2.24, 2.45) is 9.98 Å². The molecule has 1 heterocycles. The highest BCUT2D eigenvalue weighted by Gasteiger charge is 2.24. The Morgan fingerprint density at radius 3 is 2.54 bits per heavy atom. The average Bonchev–Trinajstić information content (AvgIpc) is 2.98. The number of hydrogen-bond acceptors (Lipinski definition) is 3. The van der Waals surface area contributed by atoms with Crippen LogP contribution in [0.4, 0.5) is 4.39 Å². The third-order valence-corrected chi connectivity index (χ3v) is 3.77. The molecule has 0 bridgehead atoms. The van der Waals surface area contributed by atoms with Crippen LogP contribution in [0.15, 0.2) is 70.3 Å². The summed E-state index contributed by atoms with van der Waals surface area (Å²) in [5.41, 5.74) is 1.94. The van der Waals surface area contributed by atoms with Crippen molar-refractivity contribution in [1.82, 2.24) is 0 Å². The van der Waals surface area contributed by atoms with Crippen LogP contribution in [0.5, 0.6) is 0 Å². The number of nitrogens with zero attached hydrogens (tertiary/aromatic N) is 2. The number of ether oxygens (including phenoxy) is 1. The Balaban J connectivity index is 2.02. The summed E-state index contributed by atoms with van der Waals surface area (Å²) in [6, 6.07) is 16.4. The summed E-state index contributed by atoms with van der Waals surface area (Å²) in [4.78, 5) is 9.03. The van der Waals surface area contributed by atoms with E-state index in [1.165, 1.54) is 6.07 Å². The van der Waals surface area contributed by atoms with Crippen molar-refractivity contribution < 1.29 is 9.13 Å². The summed E-state index contributed by atoms with van der Waals surface area (Å²) in [5, 5.41) is 0. The van der Waals surface area contributed by atoms with E-state index in [1.54, 1.807) is 18.2 Å². The molecule has 24 heavy (non-hydrogen) atoms. The Hall–Kier alpha value is -2.75. The quantitative estimate of drug-likeness (QED) is 0.793. The molecule has 2 aromatic carbocycles. The Bertz CT molecular complexity index is 809. The molecule has 0 spiro atoms. The minimum Gasteiger partial charge on any atom is -0.418 e. The highest BCUT2D eigenvalue weighted by Crippen LogP contribution is 2.22. The second kappa shape index (κ2) is 7.21. The van der Waals surface area contributed by atoms with Gasteiger partial charge >= 0.3 is 0 Å². The Kier molecular flexibility index (Phi) is 4.85. The number of hydrogen-bond donors (Lipinski definition) is 0. The normalized spacial score (nSPS) is 18.5. The molecular weight excluding hydrogens is 303 g/mol. The molecule has 0 fully saturated rings. The van der Waals surface area contributed by atoms with E-state index in [9.17, 15) is 4.39 Å². The van der Waals surface area contributed by atoms with Gasteiger partial charge in [0.2, 0.25) is 11.8 Å². The van der Waals surface area contributed by atoms with Gasteiger partial charge in [0.1, 0.15) is 11.5 Å². The van der Waals surface area contributed by atoms with E-state index in [-0.39, 0.29) is 17.8 Å². The van der Waals surface area contributed by atoms with Gasteiger partial charge in [-0.25, -0.2) is 14.4 Å². The van der Waals surface area contributed by atoms with E-state index in [0.717, 1.165) is 12.0 Å². The standard InChI is InChI=1S/C20H19FN2O/c1-3-14(2)22-20-18(13-15-9-5-4-6-10-15)23-19(24-20)16-11-7-8-12-17(16)21/h4-14H,3H2,1-2H3/b18-13+,22-20?. The van der Waals surface area contributed by atoms with Crippen molar-refractivity contribution in [2.45, 2.75) is 26.3 Å². The second-order valence-corrected chi connectivity index (χ2v) is 5.63. The van der Waals surface area contributed by atoms with E-state index in [0.29, 0.717) is 17.2 Å². The molecule has 122 valence electrons. The van der Waals surface area contributed by atoms with E-state index < -0.39 is 0 Å². The fourth-order valence-corrected chi connectivity index (χ4v) is 2.26. The van der Waals surface area contributed by atoms with E-state index in [2.05, 4.69) is 16.9 Å². The molecule has 0 saturated carbocycles. The third-order valence-electron chi connectivity index (χ3n) is 3.77. The lowest BCUT2D eigenvalue weighted by molar-refractivity contribution is 0.542. The molecule has 4 heteroatoms. The first kappa shape index (κ1) is 16.1. The lowest BCUT2D eigenvalue weighted by atomic mass is 10.2. The van der Waals surface area contributed by atoms with E-state index in [1.807, 2.05) is 43.3 Å². The van der Waals surface area contributed by atoms with Crippen LogP contribution in [-0.4, -0.2) is 17.8 Å². The van der Waals surface area contributed by atoms with Crippen LogP contribution in [0, 0.1) is 5.82 Å². The largest absolute Gasteiger partial charge is 0.418 e. The predicted octanol–water partition coefficient (Wildman–Crippen LogP) is 4.84. The van der Waals surface area contributed by atoms with Crippen LogP contribution < -0.4 is 0 Å². The maximum absolute atomic E-state index is 14.0. The van der Waals surface area contributed by atoms with Gasteiger partial charge in [-0.05, 0) is 37.1 Å². The van der Waals surface area contributed by atoms with Crippen LogP contribution in [0.2, 0.25) is 0 Å². The second-order valence-electron chi connectivity index (χ2n) is 5.63. The molecule has 0 radical (unpaired) electrons. The number of benzene rings is 2. The van der Waals surface area contributed by atoms with Crippen molar-refractivity contribution in [3.63, 3.8) is 0 Å². The summed E-state index contributed by atoms with van der Waals surface area (Å²) in [7, 11) is 0. The molecule has 2 aromatic rings. The smallest absolute Gasteiger partial charge is 0.243 e. The Labute approximate surface area is 141 Å². The molecule has 0 N–H and O–H groups in total. The van der Waals surface area contributed by atoms with Gasteiger partial charge in [0.05, 0.1) is 11.6 Å². The minimum absolute atomic E-state index is 0.106. The average molecular weight is 322 g/mol. The molecule has 0 saturated heterocycles. The minimum atomic E-state index is -0.361. The van der Waals surface area contributed by atoms with Crippen LogP contribution in [0.1, 0.15) is 31.4 Å². The van der Waals surface area contributed by atoms with Gasteiger partial charge in [-0.3, -0.25) is 0 Å². The van der Waals surface area contributed by atoms with Crippen molar-refractivity contribution in [1.29, 1.82) is 0 Å². The monoisotopic (exact) mass is 322 g/mol. The highest BCUT2D eigenvalue weighted by atomic mass is 19.1. The molecule has 1 unspecified atom stereocenters. The molecule has 3 nitrogen and oxygen atoms in total. The maximum Gasteiger partial charge on any atom is 0.243 e. The van der Waals surface area contributed by atoms with Gasteiger partial charge in [0.25, 0.3) is 0 Å². The van der Waals surface area contributed by atoms with Crippen LogP contribution in [0.25, 0.3) is 6.08 Å². The van der Waals surface area contributed by atoms with Crippen LogP contribution in [0.3, 0.4) is 0 Å². The molecule has 1 aliphatic heterocycles. The van der Waals surface area contributed by atoms with Gasteiger partial charge in [0, 0.05) is 0 Å². The molecule has 1 aliphatic rings. The van der Waals surface area contributed by atoms with Crippen LogP contribution in [-0.2, 0) is 4.74 Å². The number of rotatable bonds is 4. The number of halogens is 1. The van der Waals surface area contributed by atoms with Gasteiger partial charge in [-0.1, -0.05) is 49.4 Å². The molecule has 0 aliphatic carbocycles. The molecule has 3 rings (SSSR count). The Morgan fingerprint density at radius 2 is 1.83 bits per heavy atom. The van der Waals surface area contributed by atoms with E-state index >= 15 is 0 Å². The fourth-order valence-electron chi connectivity index (χ4n) is 2.26. The first-order chi connectivity index (χ1) is 11.7. The lowest BCUT2D eigenvalue weighted by Gasteiger charge is -2.06. The van der Waals surface area contributed by atoms with Crippen LogP contribution >= 0.6 is 0 Å². The topological polar surface area (TPSA) is 34.0 Å². The molecule has 0 aromatic heterocycles. The highest BCUT2D eigenvalue weighted by molar-refractivity contribution is 6.15. The lowest BCUT2D eigenvalue weighted by Crippen LogP contribution is -2.10. The van der Waals surface area contributed by atoms with Gasteiger partial charge < -0.3 is 4.74 Å². The molecular formula is C20H19FN2O. The molecule has 0 amide bonds. The summed E-state index contributed by atoms with van der Waals surface area (Å²) < 4.78 is 19.8. The summed E-state index contributed by atoms with van der Waals surface area (Å²) in [6.07, 6.45) is 2.79. The zero-order chi connectivity index (χ0) is 16.9. The van der Waals surface area contributed by atoms with Crippen molar-refractivity contribution in [3.05, 3.63) is 77.2 Å². The SMILES string of the molecule is CCC(C)N=C1OC(c2ccccc2F)=N/C1=C/c1ccccc1. The summed E-state index contributed by atoms with van der Waals surface area (Å²) >= 11 is 0. The van der Waals surface area contributed by atoms with Gasteiger partial charge in [-0.15, -0.1) is 0 Å². The van der Waals surface area contributed by atoms with Gasteiger partial charge in [-0.2, -0.15) is 0 Å². The van der Waals surface area contributed by atoms with Crippen molar-refractivity contribution in [3.8, 4) is 0 Å². The van der Waals surface area contributed by atoms with Gasteiger partial charge in [0.15, 0.2) is 0 Å². The van der Waals surface area contributed by atoms with Crippen molar-refractivity contribution in [2.75, 3.05) is 0 Å². The summed E-state index contributed by atoms with van der Waals surface area (Å²) in [6.45, 7) is 4.07. The first-order valence-electron chi connectivity index (χ1n) is 8.03. The zero-order valence-corrected chi connectivity index (χ0v) is 13.7. The predicted molar refractivity (Wildman–Crippen MR) is 95.6 cm³/mol. The first-order valence-corrected chi connectivity index (χ1v) is 8.03. The zero-order valence-electron chi connectivity index (χ0n) is 13.7. The fraction of sp³-hybridized carbons (Fsp3) is 0.200. The Morgan fingerprint density at radius 1 is 1.12 bits per heavy atom. The maximum atomic E-state index is 14.0. The van der Waals surface area contributed by atoms with E-state index in [4.69, 9.17) is 4.74 Å². The third kappa shape index (κ3) is 3.59. The summed E-state index contributed by atoms with van der Waals surface area (Å²) in [5.74, 6) is 0.323. The number of aliphatic imine (C=N–C) groups is 2.